The molecule has 3 aromatic rings. The molecule has 0 saturated heterocycles. The zero-order valence-corrected chi connectivity index (χ0v) is 20.6. The Bertz CT molecular complexity index is 1140. The fraction of sp³-hybridized carbons (Fsp3) is 0.125. The van der Waals surface area contributed by atoms with E-state index in [9.17, 15) is 4.79 Å². The van der Waals surface area contributed by atoms with Gasteiger partial charge in [-0.3, -0.25) is 14.2 Å². The monoisotopic (exact) mass is 483 g/mol. The highest BCUT2D eigenvalue weighted by molar-refractivity contribution is 7.86. The second kappa shape index (κ2) is 9.21. The summed E-state index contributed by atoms with van der Waals surface area (Å²) >= 11 is 6.91. The summed E-state index contributed by atoms with van der Waals surface area (Å²) in [5.41, 5.74) is 1.27. The lowest BCUT2D eigenvalue weighted by Gasteiger charge is -2.45. The Hall–Kier alpha value is -2.42. The first-order valence-corrected chi connectivity index (χ1v) is 14.0. The van der Waals surface area contributed by atoms with E-state index in [0.29, 0.717) is 22.0 Å². The molecule has 164 valence electrons. The molecule has 0 fully saturated rings. The van der Waals surface area contributed by atoms with E-state index in [1.54, 1.807) is 4.67 Å². The number of carbonyl (C=O) groups is 1. The van der Waals surface area contributed by atoms with Crippen LogP contribution >= 0.6 is 26.0 Å². The Morgan fingerprint density at radius 2 is 1.25 bits per heavy atom. The SMILES string of the molecule is CC1=C(P(=O)(c2ccccc2)c2ccccc2)C(=O)N(c2ccccc2)P(Cl)N1N(C)C. The Balaban J connectivity index is 2.03. The van der Waals surface area contributed by atoms with E-state index in [-0.39, 0.29) is 11.2 Å². The van der Waals surface area contributed by atoms with E-state index in [2.05, 4.69) is 0 Å². The van der Waals surface area contributed by atoms with Crippen molar-refractivity contribution in [2.45, 2.75) is 6.92 Å². The first-order chi connectivity index (χ1) is 15.4. The molecule has 4 rings (SSSR count). The van der Waals surface area contributed by atoms with Crippen LogP contribution in [0.5, 0.6) is 0 Å². The summed E-state index contributed by atoms with van der Waals surface area (Å²) in [6.07, 6.45) is 0. The number of amides is 1. The summed E-state index contributed by atoms with van der Waals surface area (Å²) in [4.78, 5) is 14.1. The summed E-state index contributed by atoms with van der Waals surface area (Å²) < 4.78 is 18.5. The number of benzene rings is 3. The molecule has 0 radical (unpaired) electrons. The van der Waals surface area contributed by atoms with Crippen molar-refractivity contribution in [1.29, 1.82) is 0 Å². The van der Waals surface area contributed by atoms with Gasteiger partial charge in [0.25, 0.3) is 5.91 Å². The highest BCUT2D eigenvalue weighted by atomic mass is 35.7. The van der Waals surface area contributed by atoms with Gasteiger partial charge in [0.2, 0.25) is 7.58 Å². The number of hydrogen-bond acceptors (Lipinski definition) is 4. The van der Waals surface area contributed by atoms with Gasteiger partial charge in [-0.15, -0.1) is 0 Å². The van der Waals surface area contributed by atoms with Crippen LogP contribution in [-0.4, -0.2) is 29.8 Å². The fourth-order valence-electron chi connectivity index (χ4n) is 3.91. The third kappa shape index (κ3) is 3.80. The largest absolute Gasteiger partial charge is 0.308 e. The Morgan fingerprint density at radius 1 is 0.812 bits per heavy atom. The fourth-order valence-corrected chi connectivity index (χ4v) is 9.58. The van der Waals surface area contributed by atoms with Gasteiger partial charge in [-0.1, -0.05) is 78.9 Å². The van der Waals surface area contributed by atoms with Gasteiger partial charge in [-0.25, -0.2) is 5.01 Å². The van der Waals surface area contributed by atoms with E-state index >= 15 is 4.57 Å². The number of rotatable bonds is 5. The number of carbonyl (C=O) groups excluding carboxylic acids is 1. The standard InChI is InChI=1S/C24H24ClN3O2P2/c1-19-23(32(30,21-15-9-5-10-16-21)22-17-11-6-12-18-22)24(29)27(20-13-7-4-8-14-20)31(25)28(19)26(2)3/h4-18H,1-3H3. The molecule has 1 atom stereocenters. The number of para-hydroxylation sites is 1. The van der Waals surface area contributed by atoms with Crippen LogP contribution < -0.4 is 15.3 Å². The molecule has 32 heavy (non-hydrogen) atoms. The summed E-state index contributed by atoms with van der Waals surface area (Å²) in [5.74, 6) is -0.330. The normalized spacial score (nSPS) is 17.3. The second-order valence-electron chi connectivity index (χ2n) is 7.54. The van der Waals surface area contributed by atoms with Crippen LogP contribution in [0.1, 0.15) is 6.92 Å². The van der Waals surface area contributed by atoms with E-state index in [4.69, 9.17) is 11.2 Å². The first kappa shape index (κ1) is 22.8. The minimum Gasteiger partial charge on any atom is -0.308 e. The van der Waals surface area contributed by atoms with E-state index in [1.807, 2.05) is 122 Å². The van der Waals surface area contributed by atoms with Crippen molar-refractivity contribution in [3.05, 3.63) is 102 Å². The molecule has 1 heterocycles. The first-order valence-electron chi connectivity index (χ1n) is 10.1. The van der Waals surface area contributed by atoms with Gasteiger partial charge >= 0.3 is 0 Å². The average molecular weight is 484 g/mol. The zero-order chi connectivity index (χ0) is 22.9. The van der Waals surface area contributed by atoms with Crippen LogP contribution in [0.4, 0.5) is 5.69 Å². The zero-order valence-electron chi connectivity index (χ0n) is 18.1. The highest BCUT2D eigenvalue weighted by Gasteiger charge is 2.48. The maximum Gasteiger partial charge on any atom is 0.269 e. The molecule has 1 aliphatic rings. The van der Waals surface area contributed by atoms with E-state index in [0.717, 1.165) is 0 Å². The molecule has 8 heteroatoms. The maximum absolute atomic E-state index is 15.1. The molecule has 1 amide bonds. The van der Waals surface area contributed by atoms with E-state index in [1.165, 1.54) is 0 Å². The average Bonchev–Trinajstić information content (AvgIpc) is 2.80. The van der Waals surface area contributed by atoms with Crippen LogP contribution in [0.15, 0.2) is 102 Å². The van der Waals surface area contributed by atoms with E-state index < -0.39 is 14.7 Å². The number of halogens is 1. The molecule has 1 aliphatic heterocycles. The molecule has 0 aliphatic carbocycles. The lowest BCUT2D eigenvalue weighted by atomic mass is 10.3. The van der Waals surface area contributed by atoms with Crippen molar-refractivity contribution >= 4 is 48.2 Å². The Kier molecular flexibility index (Phi) is 6.55. The van der Waals surface area contributed by atoms with Gasteiger partial charge in [-0.05, 0) is 30.3 Å². The summed E-state index contributed by atoms with van der Waals surface area (Å²) in [6.45, 7) is 1.83. The molecule has 1 unspecified atom stereocenters. The summed E-state index contributed by atoms with van der Waals surface area (Å²) in [6, 6.07) is 27.8. The van der Waals surface area contributed by atoms with Crippen molar-refractivity contribution in [2.75, 3.05) is 18.8 Å². The predicted molar refractivity (Wildman–Crippen MR) is 135 cm³/mol. The molecule has 0 bridgehead atoms. The van der Waals surface area contributed by atoms with Crippen LogP contribution in [0.3, 0.4) is 0 Å². The van der Waals surface area contributed by atoms with Crippen LogP contribution in [0, 0.1) is 0 Å². The quantitative estimate of drug-likeness (QED) is 0.448. The number of nitrogens with zero attached hydrogens (tertiary/aromatic N) is 3. The van der Waals surface area contributed by atoms with Gasteiger partial charge in [0.15, 0.2) is 7.14 Å². The van der Waals surface area contributed by atoms with Crippen LogP contribution in [-0.2, 0) is 9.36 Å². The lowest BCUT2D eigenvalue weighted by Crippen LogP contribution is -2.44. The number of hydrazine groups is 1. The van der Waals surface area contributed by atoms with Gasteiger partial charge in [-0.2, -0.15) is 0 Å². The number of hydrogen-bond donors (Lipinski definition) is 0. The maximum atomic E-state index is 15.1. The van der Waals surface area contributed by atoms with Crippen LogP contribution in [0.25, 0.3) is 0 Å². The third-order valence-corrected chi connectivity index (χ3v) is 11.1. The third-order valence-electron chi connectivity index (χ3n) is 5.29. The molecular formula is C24H24ClN3O2P2. The molecule has 3 aromatic carbocycles. The lowest BCUT2D eigenvalue weighted by molar-refractivity contribution is -0.113. The van der Waals surface area contributed by atoms with Crippen molar-refractivity contribution in [3.63, 3.8) is 0 Å². The second-order valence-corrected chi connectivity index (χ2v) is 12.4. The highest BCUT2D eigenvalue weighted by Crippen LogP contribution is 2.64. The minimum atomic E-state index is -3.50. The van der Waals surface area contributed by atoms with Gasteiger partial charge in [0.1, 0.15) is 5.31 Å². The van der Waals surface area contributed by atoms with Crippen LogP contribution in [0.2, 0.25) is 0 Å². The Morgan fingerprint density at radius 3 is 1.69 bits per heavy atom. The predicted octanol–water partition coefficient (Wildman–Crippen LogP) is 5.52. The molecule has 0 saturated carbocycles. The molecule has 0 spiro atoms. The number of allylic oxidation sites excluding steroid dienone is 1. The molecule has 0 N–H and O–H groups in total. The van der Waals surface area contributed by atoms with Crippen molar-refractivity contribution in [2.24, 2.45) is 0 Å². The summed E-state index contributed by atoms with van der Waals surface area (Å²) in [5, 5.41) is 3.34. The van der Waals surface area contributed by atoms with Gasteiger partial charge in [0, 0.05) is 24.7 Å². The summed E-state index contributed by atoms with van der Waals surface area (Å²) in [7, 11) is -1.35. The molecule has 0 aromatic heterocycles. The Labute approximate surface area is 194 Å². The van der Waals surface area contributed by atoms with Crippen molar-refractivity contribution in [3.8, 4) is 0 Å². The topological polar surface area (TPSA) is 43.9 Å². The van der Waals surface area contributed by atoms with Gasteiger partial charge in [0.05, 0.1) is 11.4 Å². The van der Waals surface area contributed by atoms with Gasteiger partial charge < -0.3 is 4.57 Å². The molecule has 5 nitrogen and oxygen atoms in total. The van der Waals surface area contributed by atoms with Crippen molar-refractivity contribution in [1.82, 2.24) is 9.79 Å². The smallest absolute Gasteiger partial charge is 0.269 e. The number of anilines is 1. The van der Waals surface area contributed by atoms with Crippen molar-refractivity contribution < 1.29 is 9.36 Å². The minimum absolute atomic E-state index is 0.270. The molecular weight excluding hydrogens is 460 g/mol.